The molecule has 0 aliphatic rings. The van der Waals surface area contributed by atoms with Crippen LogP contribution in [0.1, 0.15) is 34.7 Å². The summed E-state index contributed by atoms with van der Waals surface area (Å²) in [6, 6.07) is 4.86. The fraction of sp³-hybridized carbons (Fsp3) is 0.222. The highest BCUT2D eigenvalue weighted by atomic mass is 32.2. The van der Waals surface area contributed by atoms with Gasteiger partial charge in [0.1, 0.15) is 11.4 Å². The summed E-state index contributed by atoms with van der Waals surface area (Å²) in [5.74, 6) is -2.84. The normalized spacial score (nSPS) is 11.2. The summed E-state index contributed by atoms with van der Waals surface area (Å²) in [5, 5.41) is 9.19. The average molecular weight is 420 g/mol. The Morgan fingerprint density at radius 2 is 1.69 bits per heavy atom. The Kier molecular flexibility index (Phi) is 6.22. The van der Waals surface area contributed by atoms with Crippen molar-refractivity contribution < 1.29 is 32.5 Å². The molecule has 0 saturated carbocycles. The van der Waals surface area contributed by atoms with E-state index in [-0.39, 0.29) is 11.4 Å². The number of hydrogen-bond donors (Lipinski definition) is 0. The summed E-state index contributed by atoms with van der Waals surface area (Å²) in [6.07, 6.45) is 1.06. The highest BCUT2D eigenvalue weighted by molar-refractivity contribution is 8.06. The molecule has 10 nitrogen and oxygen atoms in total. The van der Waals surface area contributed by atoms with Gasteiger partial charge in [-0.15, -0.1) is 0 Å². The molecule has 0 fully saturated rings. The number of ketones is 2. The van der Waals surface area contributed by atoms with E-state index in [0.29, 0.717) is 0 Å². The predicted molar refractivity (Wildman–Crippen MR) is 99.6 cm³/mol. The number of rotatable bonds is 7. The van der Waals surface area contributed by atoms with E-state index in [9.17, 15) is 32.9 Å². The Hall–Kier alpha value is -3.47. The molecule has 1 aromatic heterocycles. The fourth-order valence-corrected chi connectivity index (χ4v) is 3.47. The van der Waals surface area contributed by atoms with Crippen molar-refractivity contribution in [2.75, 3.05) is 7.11 Å². The minimum Gasteiger partial charge on any atom is -0.496 e. The monoisotopic (exact) mass is 420 g/mol. The van der Waals surface area contributed by atoms with Crippen LogP contribution in [0.4, 0.5) is 5.69 Å². The molecule has 11 heteroatoms. The minimum absolute atomic E-state index is 0.179. The molecule has 0 bridgehead atoms. The van der Waals surface area contributed by atoms with E-state index in [2.05, 4.69) is 4.98 Å². The SMILES string of the molecule is COc1ccnc(C(=O)S(=O)(=O)c2ccc([N+](=O)[O-])cc2)c1C(=O)C(=O)C(C)C. The van der Waals surface area contributed by atoms with Gasteiger partial charge in [0.15, 0.2) is 0 Å². The number of Topliss-reactive ketones (excluding diaryl/α,β-unsaturated/α-hetero) is 2. The number of non-ortho nitro benzene ring substituents is 1. The third kappa shape index (κ3) is 4.19. The third-order valence-corrected chi connectivity index (χ3v) is 5.48. The van der Waals surface area contributed by atoms with Crippen molar-refractivity contribution in [1.82, 2.24) is 4.98 Å². The van der Waals surface area contributed by atoms with Gasteiger partial charge in [-0.3, -0.25) is 29.5 Å². The molecule has 0 spiro atoms. The molecule has 29 heavy (non-hydrogen) atoms. The van der Waals surface area contributed by atoms with Gasteiger partial charge in [0.05, 0.1) is 22.5 Å². The Labute approximate surface area is 165 Å². The first-order valence-electron chi connectivity index (χ1n) is 8.17. The van der Waals surface area contributed by atoms with E-state index in [4.69, 9.17) is 4.74 Å². The Bertz CT molecular complexity index is 1110. The van der Waals surface area contributed by atoms with Crippen molar-refractivity contribution in [3.05, 3.63) is 57.9 Å². The number of sulfone groups is 1. The second-order valence-corrected chi connectivity index (χ2v) is 7.98. The molecular weight excluding hydrogens is 404 g/mol. The zero-order valence-corrected chi connectivity index (χ0v) is 16.4. The van der Waals surface area contributed by atoms with Gasteiger partial charge in [-0.25, -0.2) is 8.42 Å². The summed E-state index contributed by atoms with van der Waals surface area (Å²) >= 11 is 0. The van der Waals surface area contributed by atoms with E-state index >= 15 is 0 Å². The quantitative estimate of drug-likeness (QED) is 0.283. The largest absolute Gasteiger partial charge is 0.496 e. The van der Waals surface area contributed by atoms with Gasteiger partial charge in [-0.1, -0.05) is 13.8 Å². The first kappa shape index (κ1) is 21.8. The molecule has 0 unspecified atom stereocenters. The van der Waals surface area contributed by atoms with Crippen molar-refractivity contribution >= 4 is 32.2 Å². The van der Waals surface area contributed by atoms with Crippen LogP contribution < -0.4 is 4.74 Å². The van der Waals surface area contributed by atoms with Crippen LogP contribution in [0, 0.1) is 16.0 Å². The molecule has 0 aliphatic carbocycles. The number of hydrogen-bond acceptors (Lipinski definition) is 9. The van der Waals surface area contributed by atoms with Crippen molar-refractivity contribution in [3.63, 3.8) is 0 Å². The van der Waals surface area contributed by atoms with Gasteiger partial charge >= 0.3 is 5.12 Å². The lowest BCUT2D eigenvalue weighted by Gasteiger charge is -2.12. The van der Waals surface area contributed by atoms with Crippen LogP contribution in [0.25, 0.3) is 0 Å². The Balaban J connectivity index is 2.61. The number of ether oxygens (including phenoxy) is 1. The lowest BCUT2D eigenvalue weighted by atomic mass is 9.98. The number of benzene rings is 1. The number of nitro benzene ring substituents is 1. The smallest absolute Gasteiger partial charge is 0.300 e. The second-order valence-electron chi connectivity index (χ2n) is 6.13. The van der Waals surface area contributed by atoms with Gasteiger partial charge < -0.3 is 4.74 Å². The molecule has 1 aromatic carbocycles. The van der Waals surface area contributed by atoms with Crippen LogP contribution in [-0.4, -0.2) is 42.1 Å². The molecule has 0 atom stereocenters. The lowest BCUT2D eigenvalue weighted by Crippen LogP contribution is -2.26. The van der Waals surface area contributed by atoms with Crippen molar-refractivity contribution in [2.24, 2.45) is 5.92 Å². The summed E-state index contributed by atoms with van der Waals surface area (Å²) < 4.78 is 30.4. The molecule has 0 N–H and O–H groups in total. The zero-order chi connectivity index (χ0) is 21.9. The molecule has 152 valence electrons. The van der Waals surface area contributed by atoms with Crippen LogP contribution in [0.5, 0.6) is 5.75 Å². The molecule has 0 amide bonds. The summed E-state index contributed by atoms with van der Waals surface area (Å²) in [6.45, 7) is 2.94. The van der Waals surface area contributed by atoms with Crippen LogP contribution in [-0.2, 0) is 14.6 Å². The summed E-state index contributed by atoms with van der Waals surface area (Å²) in [7, 11) is -3.52. The second kappa shape index (κ2) is 8.27. The maximum atomic E-state index is 12.8. The number of nitrogens with zero attached hydrogens (tertiary/aromatic N) is 2. The van der Waals surface area contributed by atoms with Gasteiger partial charge in [-0.2, -0.15) is 0 Å². The van der Waals surface area contributed by atoms with Gasteiger partial charge in [0.2, 0.25) is 21.4 Å². The van der Waals surface area contributed by atoms with Crippen LogP contribution in [0.3, 0.4) is 0 Å². The summed E-state index contributed by atoms with van der Waals surface area (Å²) in [4.78, 5) is 50.7. The Morgan fingerprint density at radius 3 is 2.17 bits per heavy atom. The maximum Gasteiger partial charge on any atom is 0.300 e. The molecule has 2 rings (SSSR count). The van der Waals surface area contributed by atoms with Crippen molar-refractivity contribution in [1.29, 1.82) is 0 Å². The Morgan fingerprint density at radius 1 is 1.10 bits per heavy atom. The fourth-order valence-electron chi connectivity index (χ4n) is 2.36. The van der Waals surface area contributed by atoms with Crippen molar-refractivity contribution in [2.45, 2.75) is 18.7 Å². The maximum absolute atomic E-state index is 12.8. The number of carbonyl (C=O) groups excluding carboxylic acids is 3. The van der Waals surface area contributed by atoms with Crippen LogP contribution in [0.2, 0.25) is 0 Å². The average Bonchev–Trinajstić information content (AvgIpc) is 2.71. The van der Waals surface area contributed by atoms with Crippen molar-refractivity contribution in [3.8, 4) is 5.75 Å². The van der Waals surface area contributed by atoms with E-state index in [1.165, 1.54) is 27.0 Å². The molecule has 1 heterocycles. The van der Waals surface area contributed by atoms with Gasteiger partial charge in [0, 0.05) is 24.2 Å². The molecular formula is C18H16N2O8S. The topological polar surface area (TPSA) is 151 Å². The lowest BCUT2D eigenvalue weighted by molar-refractivity contribution is -0.384. The third-order valence-electron chi connectivity index (χ3n) is 3.90. The molecule has 0 radical (unpaired) electrons. The van der Waals surface area contributed by atoms with Crippen LogP contribution >= 0.6 is 0 Å². The highest BCUT2D eigenvalue weighted by Crippen LogP contribution is 2.26. The van der Waals surface area contributed by atoms with E-state index in [0.717, 1.165) is 30.5 Å². The van der Waals surface area contributed by atoms with E-state index in [1.54, 1.807) is 0 Å². The number of aromatic nitrogens is 1. The number of methoxy groups -OCH3 is 1. The first-order valence-corrected chi connectivity index (χ1v) is 9.66. The zero-order valence-electron chi connectivity index (χ0n) is 15.6. The number of nitro groups is 1. The predicted octanol–water partition coefficient (Wildman–Crippen LogP) is 2.02. The van der Waals surface area contributed by atoms with Gasteiger partial charge in [0.25, 0.3) is 5.69 Å². The molecule has 0 saturated heterocycles. The number of pyridine rings is 1. The molecule has 2 aromatic rings. The minimum atomic E-state index is -4.70. The highest BCUT2D eigenvalue weighted by Gasteiger charge is 2.35. The van der Waals surface area contributed by atoms with Crippen LogP contribution in [0.15, 0.2) is 41.4 Å². The van der Waals surface area contributed by atoms with E-state index in [1.807, 2.05) is 0 Å². The number of carbonyl (C=O) groups is 3. The summed E-state index contributed by atoms with van der Waals surface area (Å²) in [5.41, 5.74) is -1.68. The molecule has 0 aliphatic heterocycles. The van der Waals surface area contributed by atoms with E-state index < -0.39 is 53.5 Å². The van der Waals surface area contributed by atoms with Gasteiger partial charge in [-0.05, 0) is 18.2 Å². The first-order chi connectivity index (χ1) is 13.5. The standard InChI is InChI=1S/C18H16N2O8S/c1-10(2)16(21)17(22)14-13(28-3)8-9-19-15(14)18(23)29(26,27)12-6-4-11(5-7-12)20(24)25/h4-10H,1-3H3.